The third kappa shape index (κ3) is 2.26. The molecular formula is C9H14N4OS. The molecule has 0 bridgehead atoms. The Labute approximate surface area is 92.3 Å². The first kappa shape index (κ1) is 10.4. The third-order valence-corrected chi connectivity index (χ3v) is 3.66. The first-order valence-electron chi connectivity index (χ1n) is 5.01. The van der Waals surface area contributed by atoms with Gasteiger partial charge >= 0.3 is 0 Å². The average Bonchev–Trinajstić information content (AvgIpc) is 2.65. The van der Waals surface area contributed by atoms with Crippen molar-refractivity contribution in [2.24, 2.45) is 0 Å². The maximum atomic E-state index is 11.1. The quantitative estimate of drug-likeness (QED) is 0.770. The average molecular weight is 226 g/mol. The highest BCUT2D eigenvalue weighted by Gasteiger charge is 2.24. The van der Waals surface area contributed by atoms with E-state index in [1.54, 1.807) is 6.92 Å². The molecule has 2 N–H and O–H groups in total. The van der Waals surface area contributed by atoms with Crippen LogP contribution in [-0.2, 0) is 4.79 Å². The summed E-state index contributed by atoms with van der Waals surface area (Å²) in [5, 5.41) is 9.40. The van der Waals surface area contributed by atoms with Gasteiger partial charge in [0.25, 0.3) is 0 Å². The molecule has 0 aliphatic carbocycles. The number of nitrogens with zero attached hydrogens (tertiary/aromatic N) is 3. The predicted octanol–water partition coefficient (Wildman–Crippen LogP) is 0.846. The molecule has 0 spiro atoms. The summed E-state index contributed by atoms with van der Waals surface area (Å²) >= 11 is 1.46. The van der Waals surface area contributed by atoms with Crippen LogP contribution in [0.4, 0.5) is 5.13 Å². The summed E-state index contributed by atoms with van der Waals surface area (Å²) in [4.78, 5) is 13.0. The number of rotatable bonds is 1. The fourth-order valence-corrected chi connectivity index (χ4v) is 2.63. The van der Waals surface area contributed by atoms with Gasteiger partial charge in [0.1, 0.15) is 5.01 Å². The number of nitrogens with two attached hydrogens (primary N) is 1. The number of hydrogen-bond donors (Lipinski definition) is 1. The molecular weight excluding hydrogens is 212 g/mol. The molecule has 5 nitrogen and oxygen atoms in total. The van der Waals surface area contributed by atoms with Gasteiger partial charge in [-0.05, 0) is 12.8 Å². The third-order valence-electron chi connectivity index (χ3n) is 2.75. The van der Waals surface area contributed by atoms with E-state index >= 15 is 0 Å². The molecule has 1 aromatic rings. The maximum Gasteiger partial charge on any atom is 0.219 e. The minimum atomic E-state index is 0.158. The number of piperidine rings is 1. The van der Waals surface area contributed by atoms with E-state index in [0.29, 0.717) is 11.0 Å². The van der Waals surface area contributed by atoms with Crippen LogP contribution in [0.3, 0.4) is 0 Å². The Morgan fingerprint density at radius 3 is 2.60 bits per heavy atom. The first-order valence-corrected chi connectivity index (χ1v) is 5.83. The number of likely N-dealkylation sites (tertiary alicyclic amines) is 1. The van der Waals surface area contributed by atoms with Crippen molar-refractivity contribution in [1.29, 1.82) is 0 Å². The molecule has 0 atom stereocenters. The summed E-state index contributed by atoms with van der Waals surface area (Å²) in [6.07, 6.45) is 1.93. The van der Waals surface area contributed by atoms with Gasteiger partial charge in [-0.25, -0.2) is 0 Å². The Morgan fingerprint density at radius 1 is 1.47 bits per heavy atom. The predicted molar refractivity (Wildman–Crippen MR) is 58.6 cm³/mol. The van der Waals surface area contributed by atoms with Crippen molar-refractivity contribution in [1.82, 2.24) is 15.1 Å². The largest absolute Gasteiger partial charge is 0.374 e. The minimum Gasteiger partial charge on any atom is -0.374 e. The molecule has 6 heteroatoms. The van der Waals surface area contributed by atoms with Crippen LogP contribution in [0.5, 0.6) is 0 Å². The Bertz CT molecular complexity index is 357. The highest BCUT2D eigenvalue weighted by Crippen LogP contribution is 2.30. The Balaban J connectivity index is 1.96. The molecule has 1 aliphatic rings. The second kappa shape index (κ2) is 4.14. The number of hydrogen-bond acceptors (Lipinski definition) is 5. The lowest BCUT2D eigenvalue weighted by Gasteiger charge is -2.29. The van der Waals surface area contributed by atoms with E-state index in [2.05, 4.69) is 10.2 Å². The molecule has 1 fully saturated rings. The van der Waals surface area contributed by atoms with Gasteiger partial charge in [0, 0.05) is 25.9 Å². The maximum absolute atomic E-state index is 11.1. The number of carbonyl (C=O) groups excluding carboxylic acids is 1. The van der Waals surface area contributed by atoms with Gasteiger partial charge in [0.05, 0.1) is 0 Å². The number of carbonyl (C=O) groups is 1. The Morgan fingerprint density at radius 2 is 2.13 bits per heavy atom. The van der Waals surface area contributed by atoms with Crippen molar-refractivity contribution < 1.29 is 4.79 Å². The molecule has 1 aliphatic heterocycles. The van der Waals surface area contributed by atoms with E-state index < -0.39 is 0 Å². The summed E-state index contributed by atoms with van der Waals surface area (Å²) in [5.74, 6) is 0.584. The van der Waals surface area contributed by atoms with Crippen molar-refractivity contribution in [3.05, 3.63) is 5.01 Å². The fraction of sp³-hybridized carbons (Fsp3) is 0.667. The molecule has 2 heterocycles. The van der Waals surface area contributed by atoms with E-state index in [9.17, 15) is 4.79 Å². The van der Waals surface area contributed by atoms with Gasteiger partial charge < -0.3 is 10.6 Å². The lowest BCUT2D eigenvalue weighted by Crippen LogP contribution is -2.36. The number of anilines is 1. The van der Waals surface area contributed by atoms with Crippen molar-refractivity contribution in [2.45, 2.75) is 25.7 Å². The lowest BCUT2D eigenvalue weighted by molar-refractivity contribution is -0.129. The van der Waals surface area contributed by atoms with Gasteiger partial charge in [-0.2, -0.15) is 0 Å². The van der Waals surface area contributed by atoms with Crippen LogP contribution in [0.1, 0.15) is 30.7 Å². The highest BCUT2D eigenvalue weighted by atomic mass is 32.1. The first-order chi connectivity index (χ1) is 7.16. The Kier molecular flexibility index (Phi) is 2.86. The summed E-state index contributed by atoms with van der Waals surface area (Å²) in [6.45, 7) is 3.25. The second-order valence-electron chi connectivity index (χ2n) is 3.76. The molecule has 0 saturated carbocycles. The summed E-state index contributed by atoms with van der Waals surface area (Å²) in [6, 6.07) is 0. The van der Waals surface area contributed by atoms with Gasteiger partial charge in [-0.1, -0.05) is 11.3 Å². The van der Waals surface area contributed by atoms with Gasteiger partial charge in [-0.15, -0.1) is 10.2 Å². The fourth-order valence-electron chi connectivity index (χ4n) is 1.85. The molecule has 0 radical (unpaired) electrons. The number of aromatic nitrogens is 2. The molecule has 1 aromatic heterocycles. The van der Waals surface area contributed by atoms with Crippen LogP contribution in [0.2, 0.25) is 0 Å². The van der Waals surface area contributed by atoms with Crippen LogP contribution in [0.15, 0.2) is 0 Å². The zero-order chi connectivity index (χ0) is 10.8. The Hall–Kier alpha value is -1.17. The highest BCUT2D eigenvalue weighted by molar-refractivity contribution is 7.15. The van der Waals surface area contributed by atoms with Crippen LogP contribution in [0, 0.1) is 0 Å². The topological polar surface area (TPSA) is 72.1 Å². The normalized spacial score (nSPS) is 18.1. The zero-order valence-corrected chi connectivity index (χ0v) is 9.46. The molecule has 1 saturated heterocycles. The van der Waals surface area contributed by atoms with Crippen LogP contribution in [-0.4, -0.2) is 34.1 Å². The molecule has 0 aromatic carbocycles. The van der Waals surface area contributed by atoms with Crippen molar-refractivity contribution >= 4 is 22.4 Å². The van der Waals surface area contributed by atoms with Gasteiger partial charge in [-0.3, -0.25) is 4.79 Å². The van der Waals surface area contributed by atoms with Crippen molar-refractivity contribution in [3.63, 3.8) is 0 Å². The van der Waals surface area contributed by atoms with Crippen LogP contribution in [0.25, 0.3) is 0 Å². The molecule has 1 amide bonds. The van der Waals surface area contributed by atoms with E-state index in [-0.39, 0.29) is 5.91 Å². The molecule has 82 valence electrons. The van der Waals surface area contributed by atoms with Crippen molar-refractivity contribution in [3.8, 4) is 0 Å². The summed E-state index contributed by atoms with van der Waals surface area (Å²) < 4.78 is 0. The van der Waals surface area contributed by atoms with E-state index in [1.807, 2.05) is 4.90 Å². The second-order valence-corrected chi connectivity index (χ2v) is 4.80. The molecule has 15 heavy (non-hydrogen) atoms. The van der Waals surface area contributed by atoms with Crippen molar-refractivity contribution in [2.75, 3.05) is 18.8 Å². The summed E-state index contributed by atoms with van der Waals surface area (Å²) in [7, 11) is 0. The molecule has 2 rings (SSSR count). The van der Waals surface area contributed by atoms with E-state index in [4.69, 9.17) is 5.73 Å². The SMILES string of the molecule is CC(=O)N1CCC(c2nnc(N)s2)CC1. The monoisotopic (exact) mass is 226 g/mol. The van der Waals surface area contributed by atoms with Crippen LogP contribution >= 0.6 is 11.3 Å². The van der Waals surface area contributed by atoms with E-state index in [0.717, 1.165) is 30.9 Å². The zero-order valence-electron chi connectivity index (χ0n) is 8.64. The van der Waals surface area contributed by atoms with Gasteiger partial charge in [0.2, 0.25) is 11.0 Å². The number of amides is 1. The number of nitrogen functional groups attached to an aromatic ring is 1. The minimum absolute atomic E-state index is 0.158. The standard InChI is InChI=1S/C9H14N4OS/c1-6(14)13-4-2-7(3-5-13)8-11-12-9(10)15-8/h7H,2-5H2,1H3,(H2,10,12). The summed E-state index contributed by atoms with van der Waals surface area (Å²) in [5.41, 5.74) is 5.54. The van der Waals surface area contributed by atoms with E-state index in [1.165, 1.54) is 11.3 Å². The van der Waals surface area contributed by atoms with Gasteiger partial charge in [0.15, 0.2) is 0 Å². The van der Waals surface area contributed by atoms with Crippen LogP contribution < -0.4 is 5.73 Å². The molecule has 0 unspecified atom stereocenters. The lowest BCUT2D eigenvalue weighted by atomic mass is 9.98. The smallest absolute Gasteiger partial charge is 0.219 e.